The molecule has 98 valence electrons. The van der Waals surface area contributed by atoms with Gasteiger partial charge in [-0.15, -0.1) is 0 Å². The van der Waals surface area contributed by atoms with Gasteiger partial charge in [0, 0.05) is 22.0 Å². The van der Waals surface area contributed by atoms with Crippen molar-refractivity contribution in [2.24, 2.45) is 0 Å². The first-order chi connectivity index (χ1) is 9.00. The highest BCUT2D eigenvalue weighted by molar-refractivity contribution is 6.31. The first kappa shape index (κ1) is 13.5. The summed E-state index contributed by atoms with van der Waals surface area (Å²) in [4.78, 5) is 20.3. The maximum atomic E-state index is 12.2. The van der Waals surface area contributed by atoms with Gasteiger partial charge in [-0.3, -0.25) is 4.79 Å². The average molecular weight is 276 g/mol. The van der Waals surface area contributed by atoms with Crippen molar-refractivity contribution < 1.29 is 4.79 Å². The number of hydrogen-bond donors (Lipinski definition) is 1. The Morgan fingerprint density at radius 2 is 1.89 bits per heavy atom. The molecule has 1 aromatic carbocycles. The molecule has 4 nitrogen and oxygen atoms in total. The lowest BCUT2D eigenvalue weighted by molar-refractivity contribution is 0.102. The van der Waals surface area contributed by atoms with Crippen molar-refractivity contribution in [1.82, 2.24) is 9.97 Å². The Hall–Kier alpha value is -1.94. The number of aromatic nitrogens is 2. The average Bonchev–Trinajstić information content (AvgIpc) is 2.38. The van der Waals surface area contributed by atoms with E-state index >= 15 is 0 Å². The van der Waals surface area contributed by atoms with E-state index in [0.29, 0.717) is 16.4 Å². The van der Waals surface area contributed by atoms with Crippen molar-refractivity contribution in [2.45, 2.75) is 20.8 Å². The van der Waals surface area contributed by atoms with Crippen LogP contribution in [0.5, 0.6) is 0 Å². The first-order valence-corrected chi connectivity index (χ1v) is 6.23. The Labute approximate surface area is 116 Å². The van der Waals surface area contributed by atoms with Crippen LogP contribution in [0.15, 0.2) is 24.5 Å². The van der Waals surface area contributed by atoms with Crippen LogP contribution in [0.2, 0.25) is 5.02 Å². The number of amides is 1. The molecule has 0 radical (unpaired) electrons. The van der Waals surface area contributed by atoms with Gasteiger partial charge in [0.05, 0.1) is 0 Å². The lowest BCUT2D eigenvalue weighted by Gasteiger charge is -2.10. The Morgan fingerprint density at radius 1 is 1.16 bits per heavy atom. The van der Waals surface area contributed by atoms with E-state index in [2.05, 4.69) is 15.3 Å². The molecule has 0 aliphatic carbocycles. The largest absolute Gasteiger partial charge is 0.320 e. The van der Waals surface area contributed by atoms with E-state index in [1.807, 2.05) is 26.8 Å². The topological polar surface area (TPSA) is 54.9 Å². The lowest BCUT2D eigenvalue weighted by atomic mass is 10.1. The van der Waals surface area contributed by atoms with Crippen LogP contribution < -0.4 is 5.32 Å². The fourth-order valence-electron chi connectivity index (χ4n) is 1.69. The molecule has 2 aromatic rings. The van der Waals surface area contributed by atoms with Crippen molar-refractivity contribution in [2.75, 3.05) is 5.32 Å². The minimum Gasteiger partial charge on any atom is -0.320 e. The number of rotatable bonds is 2. The van der Waals surface area contributed by atoms with Gasteiger partial charge in [0.25, 0.3) is 5.91 Å². The smallest absolute Gasteiger partial charge is 0.274 e. The Kier molecular flexibility index (Phi) is 3.81. The monoisotopic (exact) mass is 275 g/mol. The molecule has 1 amide bonds. The van der Waals surface area contributed by atoms with E-state index in [9.17, 15) is 4.79 Å². The predicted molar refractivity (Wildman–Crippen MR) is 75.6 cm³/mol. The van der Waals surface area contributed by atoms with Crippen LogP contribution in [0.25, 0.3) is 0 Å². The summed E-state index contributed by atoms with van der Waals surface area (Å²) >= 11 is 6.02. The summed E-state index contributed by atoms with van der Waals surface area (Å²) < 4.78 is 0. The normalized spacial score (nSPS) is 10.3. The molecule has 0 fully saturated rings. The summed E-state index contributed by atoms with van der Waals surface area (Å²) in [7, 11) is 0. The molecular formula is C14H14ClN3O. The molecule has 0 saturated heterocycles. The molecule has 0 atom stereocenters. The van der Waals surface area contributed by atoms with Crippen LogP contribution in [0, 0.1) is 20.8 Å². The van der Waals surface area contributed by atoms with Crippen LogP contribution in [0.3, 0.4) is 0 Å². The van der Waals surface area contributed by atoms with E-state index in [0.717, 1.165) is 16.8 Å². The minimum atomic E-state index is -0.256. The summed E-state index contributed by atoms with van der Waals surface area (Å²) in [5.41, 5.74) is 3.48. The number of nitrogens with one attached hydrogen (secondary N) is 1. The van der Waals surface area contributed by atoms with Gasteiger partial charge >= 0.3 is 0 Å². The number of aryl methyl sites for hydroxylation is 1. The predicted octanol–water partition coefficient (Wildman–Crippen LogP) is 3.31. The molecule has 1 N–H and O–H groups in total. The van der Waals surface area contributed by atoms with Gasteiger partial charge in [-0.25, -0.2) is 9.97 Å². The van der Waals surface area contributed by atoms with Crippen molar-refractivity contribution >= 4 is 23.2 Å². The second kappa shape index (κ2) is 5.36. The molecule has 0 spiro atoms. The third kappa shape index (κ3) is 2.74. The molecule has 0 bridgehead atoms. The standard InChI is InChI=1S/C14H14ClN3O/c1-8-10(3)16-7-17-13(8)14(19)18-12-6-4-5-11(15)9(12)2/h4-7H,1-3H3,(H,18,19). The molecule has 0 saturated carbocycles. The zero-order valence-electron chi connectivity index (χ0n) is 11.0. The maximum absolute atomic E-state index is 12.2. The second-order valence-corrected chi connectivity index (χ2v) is 4.71. The number of halogens is 1. The van der Waals surface area contributed by atoms with Gasteiger partial charge in [0.2, 0.25) is 0 Å². The summed E-state index contributed by atoms with van der Waals surface area (Å²) in [6, 6.07) is 5.39. The van der Waals surface area contributed by atoms with Gasteiger partial charge in [-0.05, 0) is 38.5 Å². The van der Waals surface area contributed by atoms with Gasteiger partial charge < -0.3 is 5.32 Å². The number of hydrogen-bond acceptors (Lipinski definition) is 3. The highest BCUT2D eigenvalue weighted by Crippen LogP contribution is 2.23. The van der Waals surface area contributed by atoms with Crippen molar-refractivity contribution in [3.05, 3.63) is 52.1 Å². The maximum Gasteiger partial charge on any atom is 0.274 e. The third-order valence-electron chi connectivity index (χ3n) is 3.07. The van der Waals surface area contributed by atoms with Crippen LogP contribution in [0.4, 0.5) is 5.69 Å². The van der Waals surface area contributed by atoms with Crippen molar-refractivity contribution in [1.29, 1.82) is 0 Å². The van der Waals surface area contributed by atoms with E-state index < -0.39 is 0 Å². The molecule has 19 heavy (non-hydrogen) atoms. The third-order valence-corrected chi connectivity index (χ3v) is 3.48. The quantitative estimate of drug-likeness (QED) is 0.915. The van der Waals surface area contributed by atoms with Crippen molar-refractivity contribution in [3.63, 3.8) is 0 Å². The number of carbonyl (C=O) groups excluding carboxylic acids is 1. The molecule has 1 heterocycles. The highest BCUT2D eigenvalue weighted by Gasteiger charge is 2.14. The molecule has 0 unspecified atom stereocenters. The van der Waals surface area contributed by atoms with E-state index in [1.54, 1.807) is 12.1 Å². The van der Waals surface area contributed by atoms with Crippen LogP contribution in [0.1, 0.15) is 27.3 Å². The van der Waals surface area contributed by atoms with E-state index in [4.69, 9.17) is 11.6 Å². The van der Waals surface area contributed by atoms with E-state index in [1.165, 1.54) is 6.33 Å². The molecule has 0 aliphatic heterocycles. The summed E-state index contributed by atoms with van der Waals surface area (Å²) in [5.74, 6) is -0.256. The number of anilines is 1. The molecule has 5 heteroatoms. The summed E-state index contributed by atoms with van der Waals surface area (Å²) in [6.45, 7) is 5.53. The Morgan fingerprint density at radius 3 is 2.63 bits per heavy atom. The number of carbonyl (C=O) groups is 1. The molecule has 2 rings (SSSR count). The summed E-state index contributed by atoms with van der Waals surface area (Å²) in [6.07, 6.45) is 1.39. The fourth-order valence-corrected chi connectivity index (χ4v) is 1.87. The summed E-state index contributed by atoms with van der Waals surface area (Å²) in [5, 5.41) is 3.44. The zero-order chi connectivity index (χ0) is 14.0. The van der Waals surface area contributed by atoms with Crippen LogP contribution >= 0.6 is 11.6 Å². The Balaban J connectivity index is 2.31. The number of nitrogens with zero attached hydrogens (tertiary/aromatic N) is 2. The molecule has 1 aromatic heterocycles. The van der Waals surface area contributed by atoms with Gasteiger partial charge in [0.1, 0.15) is 12.0 Å². The zero-order valence-corrected chi connectivity index (χ0v) is 11.7. The SMILES string of the molecule is Cc1ncnc(C(=O)Nc2cccc(Cl)c2C)c1C. The number of benzene rings is 1. The highest BCUT2D eigenvalue weighted by atomic mass is 35.5. The fraction of sp³-hybridized carbons (Fsp3) is 0.214. The van der Waals surface area contributed by atoms with Crippen LogP contribution in [-0.2, 0) is 0 Å². The minimum absolute atomic E-state index is 0.256. The molecular weight excluding hydrogens is 262 g/mol. The first-order valence-electron chi connectivity index (χ1n) is 5.85. The van der Waals surface area contributed by atoms with Gasteiger partial charge in [-0.2, -0.15) is 0 Å². The van der Waals surface area contributed by atoms with Gasteiger partial charge in [-0.1, -0.05) is 17.7 Å². The van der Waals surface area contributed by atoms with E-state index in [-0.39, 0.29) is 5.91 Å². The second-order valence-electron chi connectivity index (χ2n) is 4.30. The van der Waals surface area contributed by atoms with Gasteiger partial charge in [0.15, 0.2) is 0 Å². The Bertz CT molecular complexity index is 641. The van der Waals surface area contributed by atoms with Crippen molar-refractivity contribution in [3.8, 4) is 0 Å². The lowest BCUT2D eigenvalue weighted by Crippen LogP contribution is -2.17. The van der Waals surface area contributed by atoms with Crippen LogP contribution in [-0.4, -0.2) is 15.9 Å². The molecule has 0 aliphatic rings.